The van der Waals surface area contributed by atoms with Gasteiger partial charge in [-0.25, -0.2) is 8.42 Å². The number of rotatable bonds is 2. The van der Waals surface area contributed by atoms with Crippen molar-refractivity contribution in [3.05, 3.63) is 0 Å². The van der Waals surface area contributed by atoms with Gasteiger partial charge in [-0.2, -0.15) is 0 Å². The molecule has 5 nitrogen and oxygen atoms in total. The maximum Gasteiger partial charge on any atom is 0.225 e. The van der Waals surface area contributed by atoms with E-state index >= 15 is 0 Å². The lowest BCUT2D eigenvalue weighted by atomic mass is 9.81. The molecule has 1 saturated carbocycles. The lowest BCUT2D eigenvalue weighted by Crippen LogP contribution is -2.52. The molecule has 2 aliphatic rings. The van der Waals surface area contributed by atoms with Crippen LogP contribution in [0.15, 0.2) is 0 Å². The smallest absolute Gasteiger partial charge is 0.225 e. The Hall–Kier alpha value is -0.620. The van der Waals surface area contributed by atoms with Crippen LogP contribution in [0.2, 0.25) is 0 Å². The second-order valence-corrected chi connectivity index (χ2v) is 8.18. The zero-order chi connectivity index (χ0) is 14.0. The summed E-state index contributed by atoms with van der Waals surface area (Å²) in [5.41, 5.74) is 5.66. The number of sulfone groups is 1. The second-order valence-electron chi connectivity index (χ2n) is 5.95. The van der Waals surface area contributed by atoms with E-state index in [4.69, 9.17) is 5.73 Å². The molecule has 1 aliphatic heterocycles. The molecule has 6 heteroatoms. The van der Waals surface area contributed by atoms with Crippen LogP contribution in [0.4, 0.5) is 0 Å². The summed E-state index contributed by atoms with van der Waals surface area (Å²) in [6, 6.07) is -0.182. The first-order valence-corrected chi connectivity index (χ1v) is 8.96. The van der Waals surface area contributed by atoms with Crippen molar-refractivity contribution in [3.8, 4) is 0 Å². The first-order valence-electron chi connectivity index (χ1n) is 7.14. The van der Waals surface area contributed by atoms with Crippen LogP contribution in [0, 0.1) is 11.8 Å². The average Bonchev–Trinajstić information content (AvgIpc) is 2.37. The molecule has 1 saturated heterocycles. The Morgan fingerprint density at radius 2 is 1.89 bits per heavy atom. The highest BCUT2D eigenvalue weighted by Gasteiger charge is 2.35. The summed E-state index contributed by atoms with van der Waals surface area (Å²) in [5, 5.41) is 0. The van der Waals surface area contributed by atoms with Gasteiger partial charge < -0.3 is 10.6 Å². The van der Waals surface area contributed by atoms with Crippen LogP contribution in [-0.2, 0) is 14.6 Å². The highest BCUT2D eigenvalue weighted by molar-refractivity contribution is 7.91. The fourth-order valence-corrected chi connectivity index (χ4v) is 4.76. The Balaban J connectivity index is 1.94. The topological polar surface area (TPSA) is 80.5 Å². The third-order valence-electron chi connectivity index (χ3n) is 4.48. The summed E-state index contributed by atoms with van der Waals surface area (Å²) in [7, 11) is -2.95. The molecule has 2 N–H and O–H groups in total. The van der Waals surface area contributed by atoms with E-state index in [9.17, 15) is 13.2 Å². The zero-order valence-electron chi connectivity index (χ0n) is 11.5. The molecule has 110 valence electrons. The molecule has 1 amide bonds. The monoisotopic (exact) mass is 288 g/mol. The number of nitrogens with zero attached hydrogens (tertiary/aromatic N) is 1. The van der Waals surface area contributed by atoms with Crippen molar-refractivity contribution in [2.75, 3.05) is 24.6 Å². The lowest BCUT2D eigenvalue weighted by molar-refractivity contribution is -0.138. The van der Waals surface area contributed by atoms with Crippen LogP contribution in [-0.4, -0.2) is 49.9 Å². The van der Waals surface area contributed by atoms with Gasteiger partial charge in [-0.05, 0) is 45.1 Å². The Kier molecular flexibility index (Phi) is 4.50. The standard InChI is InChI=1S/C13H24N2O3S/c1-10-9-19(17,18)7-6-15(10)13(16)12-4-2-11(8-14)3-5-12/h10-12H,2-9,14H2,1H3. The van der Waals surface area contributed by atoms with Gasteiger partial charge in [0, 0.05) is 18.5 Å². The van der Waals surface area contributed by atoms with Crippen molar-refractivity contribution in [1.29, 1.82) is 0 Å². The normalized spacial score (nSPS) is 35.1. The van der Waals surface area contributed by atoms with Gasteiger partial charge in [0.1, 0.15) is 0 Å². The summed E-state index contributed by atoms with van der Waals surface area (Å²) in [5.74, 6) is 1.00. The predicted molar refractivity (Wildman–Crippen MR) is 74.3 cm³/mol. The van der Waals surface area contributed by atoms with E-state index in [0.29, 0.717) is 19.0 Å². The second kappa shape index (κ2) is 5.79. The van der Waals surface area contributed by atoms with Crippen LogP contribution in [0.25, 0.3) is 0 Å². The van der Waals surface area contributed by atoms with Gasteiger partial charge in [0.15, 0.2) is 9.84 Å². The third-order valence-corrected chi connectivity index (χ3v) is 6.28. The van der Waals surface area contributed by atoms with Crippen LogP contribution >= 0.6 is 0 Å². The van der Waals surface area contributed by atoms with E-state index in [0.717, 1.165) is 25.7 Å². The minimum atomic E-state index is -2.95. The highest BCUT2D eigenvalue weighted by atomic mass is 32.2. The molecule has 0 bridgehead atoms. The zero-order valence-corrected chi connectivity index (χ0v) is 12.4. The van der Waals surface area contributed by atoms with E-state index in [2.05, 4.69) is 0 Å². The Morgan fingerprint density at radius 1 is 1.26 bits per heavy atom. The number of amides is 1. The number of nitrogens with two attached hydrogens (primary N) is 1. The quantitative estimate of drug-likeness (QED) is 0.797. The summed E-state index contributed by atoms with van der Waals surface area (Å²) in [4.78, 5) is 14.2. The molecule has 2 fully saturated rings. The summed E-state index contributed by atoms with van der Waals surface area (Å²) in [6.45, 7) is 2.90. The van der Waals surface area contributed by atoms with Crippen molar-refractivity contribution >= 4 is 15.7 Å². The van der Waals surface area contributed by atoms with Crippen molar-refractivity contribution < 1.29 is 13.2 Å². The molecular weight excluding hydrogens is 264 g/mol. The van der Waals surface area contributed by atoms with Gasteiger partial charge in [0.2, 0.25) is 5.91 Å². The van der Waals surface area contributed by atoms with Crippen molar-refractivity contribution in [2.45, 2.75) is 38.6 Å². The third kappa shape index (κ3) is 3.48. The number of hydrogen-bond donors (Lipinski definition) is 1. The largest absolute Gasteiger partial charge is 0.338 e. The molecule has 0 aromatic rings. The van der Waals surface area contributed by atoms with E-state index < -0.39 is 9.84 Å². The lowest BCUT2D eigenvalue weighted by Gasteiger charge is -2.37. The van der Waals surface area contributed by atoms with Gasteiger partial charge in [0.25, 0.3) is 0 Å². The van der Waals surface area contributed by atoms with Crippen LogP contribution < -0.4 is 5.73 Å². The Morgan fingerprint density at radius 3 is 2.42 bits per heavy atom. The van der Waals surface area contributed by atoms with Crippen LogP contribution in [0.5, 0.6) is 0 Å². The molecule has 1 atom stereocenters. The van der Waals surface area contributed by atoms with E-state index in [1.807, 2.05) is 6.92 Å². The molecule has 1 aliphatic carbocycles. The fourth-order valence-electron chi connectivity index (χ4n) is 3.21. The molecule has 19 heavy (non-hydrogen) atoms. The molecular formula is C13H24N2O3S. The molecule has 0 aromatic carbocycles. The van der Waals surface area contributed by atoms with Gasteiger partial charge in [-0.15, -0.1) is 0 Å². The van der Waals surface area contributed by atoms with Gasteiger partial charge in [-0.1, -0.05) is 0 Å². The maximum atomic E-state index is 12.5. The summed E-state index contributed by atoms with van der Waals surface area (Å²) < 4.78 is 23.1. The minimum absolute atomic E-state index is 0.0751. The van der Waals surface area contributed by atoms with E-state index in [1.165, 1.54) is 0 Å². The molecule has 0 spiro atoms. The van der Waals surface area contributed by atoms with Gasteiger partial charge in [0.05, 0.1) is 11.5 Å². The molecule has 1 heterocycles. The predicted octanol–water partition coefficient (Wildman–Crippen LogP) is 0.397. The number of carbonyl (C=O) groups is 1. The van der Waals surface area contributed by atoms with Gasteiger partial charge >= 0.3 is 0 Å². The van der Waals surface area contributed by atoms with Crippen molar-refractivity contribution in [2.24, 2.45) is 17.6 Å². The van der Waals surface area contributed by atoms with E-state index in [-0.39, 0.29) is 29.4 Å². The Labute approximate surface area is 115 Å². The number of carbonyl (C=O) groups excluding carboxylic acids is 1. The van der Waals surface area contributed by atoms with Crippen molar-refractivity contribution in [1.82, 2.24) is 4.90 Å². The maximum absolute atomic E-state index is 12.5. The first kappa shape index (κ1) is 14.8. The molecule has 0 aromatic heterocycles. The summed E-state index contributed by atoms with van der Waals surface area (Å²) >= 11 is 0. The van der Waals surface area contributed by atoms with Gasteiger partial charge in [-0.3, -0.25) is 4.79 Å². The summed E-state index contributed by atoms with van der Waals surface area (Å²) in [6.07, 6.45) is 3.84. The molecule has 0 radical (unpaired) electrons. The van der Waals surface area contributed by atoms with Crippen LogP contribution in [0.1, 0.15) is 32.6 Å². The van der Waals surface area contributed by atoms with Crippen molar-refractivity contribution in [3.63, 3.8) is 0 Å². The highest BCUT2D eigenvalue weighted by Crippen LogP contribution is 2.30. The SMILES string of the molecule is CC1CS(=O)(=O)CCN1C(=O)C1CCC(CN)CC1. The average molecular weight is 288 g/mol. The first-order chi connectivity index (χ1) is 8.93. The minimum Gasteiger partial charge on any atom is -0.338 e. The Bertz CT molecular complexity index is 427. The molecule has 1 unspecified atom stereocenters. The van der Waals surface area contributed by atoms with E-state index in [1.54, 1.807) is 4.90 Å². The molecule has 2 rings (SSSR count). The fraction of sp³-hybridized carbons (Fsp3) is 0.923. The van der Waals surface area contributed by atoms with Crippen LogP contribution in [0.3, 0.4) is 0 Å². The number of hydrogen-bond acceptors (Lipinski definition) is 4.